The van der Waals surface area contributed by atoms with Gasteiger partial charge in [0, 0.05) is 38.0 Å². The predicted molar refractivity (Wildman–Crippen MR) is 125 cm³/mol. The van der Waals surface area contributed by atoms with E-state index in [0.717, 1.165) is 29.4 Å². The Hall–Kier alpha value is -2.77. The van der Waals surface area contributed by atoms with Crippen LogP contribution in [0.4, 0.5) is 5.69 Å². The van der Waals surface area contributed by atoms with Gasteiger partial charge in [-0.25, -0.2) is 4.98 Å². The first-order valence-electron chi connectivity index (χ1n) is 10.1. The van der Waals surface area contributed by atoms with Crippen molar-refractivity contribution in [1.82, 2.24) is 14.9 Å². The van der Waals surface area contributed by atoms with Crippen molar-refractivity contribution in [3.8, 4) is 0 Å². The molecule has 2 heterocycles. The molecule has 1 aromatic heterocycles. The number of carbonyl (C=O) groups is 1. The predicted octanol–water partition coefficient (Wildman–Crippen LogP) is 3.61. The minimum absolute atomic E-state index is 0.0177. The SMILES string of the molecule is O=C(Cc1cc(=O)[nH]c(SCc2ccccc2)n1)N1CCN(c2ccccc2Cl)CC1. The molecule has 31 heavy (non-hydrogen) atoms. The van der Waals surface area contributed by atoms with Crippen LogP contribution in [0.5, 0.6) is 0 Å². The van der Waals surface area contributed by atoms with E-state index in [0.29, 0.717) is 29.7 Å². The summed E-state index contributed by atoms with van der Waals surface area (Å²) in [6.07, 6.45) is 0.120. The number of rotatable bonds is 6. The first-order valence-corrected chi connectivity index (χ1v) is 11.5. The molecule has 8 heteroatoms. The van der Waals surface area contributed by atoms with Crippen LogP contribution in [0.15, 0.2) is 70.6 Å². The Kier molecular flexibility index (Phi) is 6.94. The highest BCUT2D eigenvalue weighted by Gasteiger charge is 2.23. The molecule has 1 saturated heterocycles. The van der Waals surface area contributed by atoms with Crippen LogP contribution >= 0.6 is 23.4 Å². The molecule has 3 aromatic rings. The van der Waals surface area contributed by atoms with Crippen LogP contribution in [-0.2, 0) is 17.0 Å². The zero-order valence-electron chi connectivity index (χ0n) is 17.0. The number of carbonyl (C=O) groups excluding carboxylic acids is 1. The number of aromatic nitrogens is 2. The number of aromatic amines is 1. The lowest BCUT2D eigenvalue weighted by Crippen LogP contribution is -2.49. The highest BCUT2D eigenvalue weighted by Crippen LogP contribution is 2.26. The Morgan fingerprint density at radius 3 is 2.48 bits per heavy atom. The standard InChI is InChI=1S/C23H23ClN4O2S/c24-19-8-4-5-9-20(19)27-10-12-28(13-11-27)22(30)15-18-14-21(29)26-23(25-18)31-16-17-6-2-1-3-7-17/h1-9,14H,10-13,15-16H2,(H,25,26,29). The smallest absolute Gasteiger partial charge is 0.251 e. The summed E-state index contributed by atoms with van der Waals surface area (Å²) in [5.41, 5.74) is 2.40. The number of para-hydroxylation sites is 1. The van der Waals surface area contributed by atoms with Crippen molar-refractivity contribution in [2.24, 2.45) is 0 Å². The molecule has 1 aliphatic heterocycles. The maximum Gasteiger partial charge on any atom is 0.251 e. The van der Waals surface area contributed by atoms with E-state index < -0.39 is 0 Å². The molecule has 0 radical (unpaired) electrons. The van der Waals surface area contributed by atoms with Gasteiger partial charge < -0.3 is 14.8 Å². The van der Waals surface area contributed by atoms with Crippen molar-refractivity contribution in [1.29, 1.82) is 0 Å². The average molecular weight is 455 g/mol. The van der Waals surface area contributed by atoms with Gasteiger partial charge in [-0.3, -0.25) is 9.59 Å². The molecule has 1 aliphatic rings. The Bertz CT molecular complexity index is 1100. The zero-order chi connectivity index (χ0) is 21.6. The average Bonchev–Trinajstić information content (AvgIpc) is 2.78. The molecule has 1 fully saturated rings. The molecule has 0 aliphatic carbocycles. The number of thioether (sulfide) groups is 1. The number of anilines is 1. The summed E-state index contributed by atoms with van der Waals surface area (Å²) in [6, 6.07) is 19.1. The van der Waals surface area contributed by atoms with Gasteiger partial charge in [0.25, 0.3) is 5.56 Å². The summed E-state index contributed by atoms with van der Waals surface area (Å²) in [5.74, 6) is 0.682. The molecule has 2 aromatic carbocycles. The number of halogens is 1. The van der Waals surface area contributed by atoms with Crippen LogP contribution < -0.4 is 10.5 Å². The van der Waals surface area contributed by atoms with Gasteiger partial charge in [0.1, 0.15) is 0 Å². The van der Waals surface area contributed by atoms with E-state index in [1.807, 2.05) is 59.5 Å². The lowest BCUT2D eigenvalue weighted by molar-refractivity contribution is -0.130. The van der Waals surface area contributed by atoms with E-state index in [1.165, 1.54) is 17.8 Å². The first kappa shape index (κ1) is 21.5. The third-order valence-electron chi connectivity index (χ3n) is 5.15. The Morgan fingerprint density at radius 2 is 1.74 bits per heavy atom. The molecule has 0 bridgehead atoms. The second-order valence-electron chi connectivity index (χ2n) is 7.31. The molecule has 0 saturated carbocycles. The number of piperazine rings is 1. The van der Waals surface area contributed by atoms with Crippen LogP contribution in [-0.4, -0.2) is 47.0 Å². The maximum absolute atomic E-state index is 12.8. The number of hydrogen-bond donors (Lipinski definition) is 1. The van der Waals surface area contributed by atoms with E-state index in [9.17, 15) is 9.59 Å². The summed E-state index contributed by atoms with van der Waals surface area (Å²) >= 11 is 7.75. The zero-order valence-corrected chi connectivity index (χ0v) is 18.5. The van der Waals surface area contributed by atoms with Crippen molar-refractivity contribution in [2.75, 3.05) is 31.1 Å². The van der Waals surface area contributed by atoms with E-state index in [2.05, 4.69) is 14.9 Å². The fourth-order valence-corrected chi connectivity index (χ4v) is 4.65. The van der Waals surface area contributed by atoms with Gasteiger partial charge in [0.2, 0.25) is 5.91 Å². The Morgan fingerprint density at radius 1 is 1.03 bits per heavy atom. The van der Waals surface area contributed by atoms with Gasteiger partial charge in [0.15, 0.2) is 5.16 Å². The van der Waals surface area contributed by atoms with Gasteiger partial charge in [-0.1, -0.05) is 65.8 Å². The summed E-state index contributed by atoms with van der Waals surface area (Å²) in [5, 5.41) is 1.25. The first-order chi connectivity index (χ1) is 15.1. The fourth-order valence-electron chi connectivity index (χ4n) is 3.54. The van der Waals surface area contributed by atoms with Crippen LogP contribution in [0, 0.1) is 0 Å². The number of nitrogens with zero attached hydrogens (tertiary/aromatic N) is 3. The van der Waals surface area contributed by atoms with Crippen molar-refractivity contribution in [2.45, 2.75) is 17.3 Å². The third-order valence-corrected chi connectivity index (χ3v) is 6.41. The van der Waals surface area contributed by atoms with Crippen LogP contribution in [0.25, 0.3) is 0 Å². The van der Waals surface area contributed by atoms with Gasteiger partial charge in [-0.2, -0.15) is 0 Å². The summed E-state index contributed by atoms with van der Waals surface area (Å²) in [4.78, 5) is 36.1. The normalized spacial score (nSPS) is 14.0. The van der Waals surface area contributed by atoms with Gasteiger partial charge in [-0.05, 0) is 17.7 Å². The lowest BCUT2D eigenvalue weighted by Gasteiger charge is -2.36. The van der Waals surface area contributed by atoms with Crippen LogP contribution in [0.3, 0.4) is 0 Å². The van der Waals surface area contributed by atoms with E-state index in [4.69, 9.17) is 11.6 Å². The maximum atomic E-state index is 12.8. The second-order valence-corrected chi connectivity index (χ2v) is 8.68. The minimum Gasteiger partial charge on any atom is -0.367 e. The summed E-state index contributed by atoms with van der Waals surface area (Å²) < 4.78 is 0. The molecule has 0 spiro atoms. The molecule has 4 rings (SSSR count). The van der Waals surface area contributed by atoms with Gasteiger partial charge in [0.05, 0.1) is 22.8 Å². The molecule has 0 unspecified atom stereocenters. The van der Waals surface area contributed by atoms with Gasteiger partial charge in [-0.15, -0.1) is 0 Å². The van der Waals surface area contributed by atoms with Crippen molar-refractivity contribution in [3.63, 3.8) is 0 Å². The topological polar surface area (TPSA) is 69.3 Å². The highest BCUT2D eigenvalue weighted by molar-refractivity contribution is 7.98. The van der Waals surface area contributed by atoms with Crippen LogP contribution in [0.1, 0.15) is 11.3 Å². The largest absolute Gasteiger partial charge is 0.367 e. The molecular weight excluding hydrogens is 432 g/mol. The number of nitrogens with one attached hydrogen (secondary N) is 1. The number of hydrogen-bond acceptors (Lipinski definition) is 5. The van der Waals surface area contributed by atoms with E-state index >= 15 is 0 Å². The van der Waals surface area contributed by atoms with E-state index in [-0.39, 0.29) is 17.9 Å². The number of benzene rings is 2. The van der Waals surface area contributed by atoms with E-state index in [1.54, 1.807) is 0 Å². The van der Waals surface area contributed by atoms with Crippen molar-refractivity contribution in [3.05, 3.63) is 87.3 Å². The quantitative estimate of drug-likeness (QED) is 0.455. The minimum atomic E-state index is -0.239. The summed E-state index contributed by atoms with van der Waals surface area (Å²) in [6.45, 7) is 2.67. The Balaban J connectivity index is 1.35. The highest BCUT2D eigenvalue weighted by atomic mass is 35.5. The Labute approximate surface area is 190 Å². The van der Waals surface area contributed by atoms with Gasteiger partial charge >= 0.3 is 0 Å². The molecule has 1 amide bonds. The lowest BCUT2D eigenvalue weighted by atomic mass is 10.2. The third kappa shape index (κ3) is 5.68. The summed E-state index contributed by atoms with van der Waals surface area (Å²) in [7, 11) is 0. The number of amides is 1. The molecular formula is C23H23ClN4O2S. The monoisotopic (exact) mass is 454 g/mol. The number of H-pyrrole nitrogens is 1. The molecule has 1 N–H and O–H groups in total. The molecule has 160 valence electrons. The molecule has 0 atom stereocenters. The van der Waals surface area contributed by atoms with Crippen LogP contribution in [0.2, 0.25) is 5.02 Å². The van der Waals surface area contributed by atoms with Crippen molar-refractivity contribution < 1.29 is 4.79 Å². The van der Waals surface area contributed by atoms with Crippen molar-refractivity contribution >= 4 is 35.0 Å². The second kappa shape index (κ2) is 10.0. The fraction of sp³-hybridized carbons (Fsp3) is 0.261. The molecule has 6 nitrogen and oxygen atoms in total.